The molecule has 0 amide bonds. The maximum absolute atomic E-state index is 13.2. The fraction of sp³-hybridized carbons (Fsp3) is 0.821. The second-order valence-electron chi connectivity index (χ2n) is 12.6. The van der Waals surface area contributed by atoms with Crippen molar-refractivity contribution in [1.82, 2.24) is 4.98 Å². The van der Waals surface area contributed by atoms with Crippen molar-refractivity contribution in [2.45, 2.75) is 103 Å². The highest BCUT2D eigenvalue weighted by atomic mass is 19.1. The van der Waals surface area contributed by atoms with Crippen LogP contribution in [0.2, 0.25) is 0 Å². The van der Waals surface area contributed by atoms with Crippen LogP contribution in [0.1, 0.15) is 90.5 Å². The summed E-state index contributed by atoms with van der Waals surface area (Å²) in [5.74, 6) is 2.87. The van der Waals surface area contributed by atoms with Crippen LogP contribution < -0.4 is 0 Å². The summed E-state index contributed by atoms with van der Waals surface area (Å²) in [6, 6.07) is 3.21. The number of aliphatic hydroxyl groups is 2. The lowest BCUT2D eigenvalue weighted by atomic mass is 9.44. The van der Waals surface area contributed by atoms with E-state index in [1.807, 2.05) is 0 Å². The molecule has 0 saturated heterocycles. The predicted octanol–water partition coefficient (Wildman–Crippen LogP) is 5.92. The molecule has 4 heteroatoms. The van der Waals surface area contributed by atoms with Crippen molar-refractivity contribution in [3.8, 4) is 0 Å². The van der Waals surface area contributed by atoms with Crippen LogP contribution >= 0.6 is 0 Å². The Bertz CT molecular complexity index is 825. The molecule has 0 aromatic carbocycles. The molecule has 1 aromatic rings. The van der Waals surface area contributed by atoms with E-state index in [1.54, 1.807) is 12.3 Å². The zero-order chi connectivity index (χ0) is 22.7. The van der Waals surface area contributed by atoms with Crippen molar-refractivity contribution in [2.24, 2.45) is 40.4 Å². The van der Waals surface area contributed by atoms with Gasteiger partial charge in [-0.3, -0.25) is 0 Å². The summed E-state index contributed by atoms with van der Waals surface area (Å²) in [6.45, 7) is 7.08. The fourth-order valence-electron chi connectivity index (χ4n) is 9.38. The molecular weight excluding hydrogens is 401 g/mol. The minimum absolute atomic E-state index is 0.0826. The van der Waals surface area contributed by atoms with E-state index in [2.05, 4.69) is 25.8 Å². The van der Waals surface area contributed by atoms with E-state index in [9.17, 15) is 14.6 Å². The smallest absolute Gasteiger partial charge is 0.212 e. The van der Waals surface area contributed by atoms with Crippen molar-refractivity contribution >= 4 is 0 Å². The molecule has 178 valence electrons. The number of nitrogens with zero attached hydrogens (tertiary/aromatic N) is 1. The van der Waals surface area contributed by atoms with Gasteiger partial charge < -0.3 is 10.2 Å². The van der Waals surface area contributed by atoms with Gasteiger partial charge in [-0.1, -0.05) is 19.9 Å². The zero-order valence-electron chi connectivity index (χ0n) is 20.2. The largest absolute Gasteiger partial charge is 0.393 e. The Morgan fingerprint density at radius 3 is 2.53 bits per heavy atom. The maximum Gasteiger partial charge on any atom is 0.212 e. The first-order chi connectivity index (χ1) is 15.1. The monoisotopic (exact) mass is 443 g/mol. The lowest BCUT2D eigenvalue weighted by Crippen LogP contribution is -2.55. The van der Waals surface area contributed by atoms with E-state index in [0.29, 0.717) is 23.7 Å². The molecule has 4 saturated carbocycles. The van der Waals surface area contributed by atoms with Gasteiger partial charge >= 0.3 is 0 Å². The molecule has 0 bridgehead atoms. The lowest BCUT2D eigenvalue weighted by Gasteiger charge is -2.61. The molecule has 4 aliphatic rings. The number of hydrogen-bond donors (Lipinski definition) is 2. The summed E-state index contributed by atoms with van der Waals surface area (Å²) in [6.07, 6.45) is 13.6. The summed E-state index contributed by atoms with van der Waals surface area (Å²) >= 11 is 0. The summed E-state index contributed by atoms with van der Waals surface area (Å²) in [5.41, 5.74) is 0.907. The Kier molecular flexibility index (Phi) is 5.73. The third-order valence-electron chi connectivity index (χ3n) is 11.1. The molecule has 0 radical (unpaired) electrons. The van der Waals surface area contributed by atoms with Gasteiger partial charge in [0.2, 0.25) is 5.95 Å². The third-order valence-corrected chi connectivity index (χ3v) is 11.1. The van der Waals surface area contributed by atoms with Crippen LogP contribution in [0.15, 0.2) is 18.3 Å². The number of halogens is 1. The quantitative estimate of drug-likeness (QED) is 0.568. The Hall–Kier alpha value is -1.00. The summed E-state index contributed by atoms with van der Waals surface area (Å²) in [5, 5.41) is 21.9. The van der Waals surface area contributed by atoms with E-state index >= 15 is 0 Å². The van der Waals surface area contributed by atoms with E-state index in [-0.39, 0.29) is 11.5 Å². The molecule has 32 heavy (non-hydrogen) atoms. The van der Waals surface area contributed by atoms with Crippen LogP contribution in [0.5, 0.6) is 0 Å². The zero-order valence-corrected chi connectivity index (χ0v) is 20.2. The Morgan fingerprint density at radius 1 is 1.03 bits per heavy atom. The number of hydrogen-bond acceptors (Lipinski definition) is 3. The molecule has 4 fully saturated rings. The number of aryl methyl sites for hydroxylation is 1. The van der Waals surface area contributed by atoms with Crippen LogP contribution in [0.25, 0.3) is 0 Å². The Morgan fingerprint density at radius 2 is 1.78 bits per heavy atom. The topological polar surface area (TPSA) is 53.4 Å². The SMILES string of the molecule is CC(O)(CCc1ccc(F)nc1)[C@H]1CC[C@H]2[C@@H]3CCC4C[C@@H](O)CC[C@]4(C)[C@H]3CC[C@]12C. The third kappa shape index (κ3) is 3.64. The minimum atomic E-state index is -0.708. The molecule has 4 aliphatic carbocycles. The van der Waals surface area contributed by atoms with E-state index < -0.39 is 11.5 Å². The summed E-state index contributed by atoms with van der Waals surface area (Å²) < 4.78 is 13.2. The normalized spacial score (nSPS) is 45.4. The van der Waals surface area contributed by atoms with Crippen molar-refractivity contribution < 1.29 is 14.6 Å². The van der Waals surface area contributed by atoms with E-state index in [0.717, 1.165) is 49.0 Å². The first-order valence-electron chi connectivity index (χ1n) is 13.1. The first kappa shape index (κ1) is 22.8. The molecule has 1 aromatic heterocycles. The van der Waals surface area contributed by atoms with Gasteiger partial charge in [-0.25, -0.2) is 4.98 Å². The average Bonchev–Trinajstić information content (AvgIpc) is 3.12. The van der Waals surface area contributed by atoms with Gasteiger partial charge in [0, 0.05) is 6.20 Å². The lowest BCUT2D eigenvalue weighted by molar-refractivity contribution is -0.144. The van der Waals surface area contributed by atoms with Crippen LogP contribution in [0, 0.1) is 46.4 Å². The number of rotatable bonds is 4. The van der Waals surface area contributed by atoms with Crippen LogP contribution in [0.3, 0.4) is 0 Å². The first-order valence-corrected chi connectivity index (χ1v) is 13.1. The van der Waals surface area contributed by atoms with Crippen molar-refractivity contribution in [2.75, 3.05) is 0 Å². The minimum Gasteiger partial charge on any atom is -0.393 e. The van der Waals surface area contributed by atoms with E-state index in [4.69, 9.17) is 0 Å². The van der Waals surface area contributed by atoms with Gasteiger partial charge in [0.05, 0.1) is 11.7 Å². The number of fused-ring (bicyclic) bond motifs is 5. The fourth-order valence-corrected chi connectivity index (χ4v) is 9.38. The molecule has 2 unspecified atom stereocenters. The molecule has 3 nitrogen and oxygen atoms in total. The van der Waals surface area contributed by atoms with Crippen LogP contribution in [-0.4, -0.2) is 26.9 Å². The van der Waals surface area contributed by atoms with Crippen molar-refractivity contribution in [3.05, 3.63) is 29.8 Å². The van der Waals surface area contributed by atoms with Crippen LogP contribution in [-0.2, 0) is 6.42 Å². The second-order valence-corrected chi connectivity index (χ2v) is 12.6. The van der Waals surface area contributed by atoms with E-state index in [1.165, 1.54) is 44.6 Å². The second kappa shape index (κ2) is 8.05. The van der Waals surface area contributed by atoms with Gasteiger partial charge in [0.1, 0.15) is 0 Å². The molecule has 9 atom stereocenters. The molecule has 2 N–H and O–H groups in total. The highest BCUT2D eigenvalue weighted by molar-refractivity contribution is 5.14. The highest BCUT2D eigenvalue weighted by Gasteiger charge is 2.62. The van der Waals surface area contributed by atoms with Gasteiger partial charge in [-0.15, -0.1) is 0 Å². The number of aliphatic hydroxyl groups excluding tert-OH is 1. The predicted molar refractivity (Wildman–Crippen MR) is 124 cm³/mol. The van der Waals surface area contributed by atoms with Crippen molar-refractivity contribution in [3.63, 3.8) is 0 Å². The Balaban J connectivity index is 1.31. The molecule has 0 spiro atoms. The molecule has 1 heterocycles. The molecular formula is C28H42FNO2. The molecule has 5 rings (SSSR count). The van der Waals surface area contributed by atoms with Crippen molar-refractivity contribution in [1.29, 1.82) is 0 Å². The summed E-state index contributed by atoms with van der Waals surface area (Å²) in [4.78, 5) is 3.78. The summed E-state index contributed by atoms with van der Waals surface area (Å²) in [7, 11) is 0. The van der Waals surface area contributed by atoms with Gasteiger partial charge in [-0.05, 0) is 130 Å². The number of pyridine rings is 1. The maximum atomic E-state index is 13.2. The highest BCUT2D eigenvalue weighted by Crippen LogP contribution is 2.68. The average molecular weight is 444 g/mol. The Labute approximate surface area is 193 Å². The van der Waals surface area contributed by atoms with Gasteiger partial charge in [0.25, 0.3) is 0 Å². The van der Waals surface area contributed by atoms with Gasteiger partial charge in [0.15, 0.2) is 0 Å². The van der Waals surface area contributed by atoms with Gasteiger partial charge in [-0.2, -0.15) is 4.39 Å². The standard InChI is InChI=1S/C28H42FNO2/c1-26-13-11-20(31)16-19(26)5-6-21-22-7-8-24(27(22,2)14-12-23(21)26)28(3,32)15-10-18-4-9-25(29)30-17-18/h4,9,17,19-24,31-32H,5-8,10-16H2,1-3H3/t19?,20-,21-,22-,23-,24-,26-,27-,28?/m0/s1. The van der Waals surface area contributed by atoms with Crippen LogP contribution in [0.4, 0.5) is 4.39 Å². The number of aromatic nitrogens is 1. The molecule has 0 aliphatic heterocycles.